The van der Waals surface area contributed by atoms with Crippen molar-refractivity contribution in [3.8, 4) is 0 Å². The zero-order valence-electron chi connectivity index (χ0n) is 10.8. The Morgan fingerprint density at radius 2 is 1.72 bits per heavy atom. The largest absolute Gasteiger partial charge is 0.481 e. The summed E-state index contributed by atoms with van der Waals surface area (Å²) in [7, 11) is 1.71. The number of benzene rings is 1. The van der Waals surface area contributed by atoms with Crippen LogP contribution in [0.3, 0.4) is 0 Å². The molecule has 1 aromatic carbocycles. The Morgan fingerprint density at radius 1 is 1.17 bits per heavy atom. The number of carboxylic acids is 1. The lowest BCUT2D eigenvalue weighted by atomic mass is 10.1. The molecule has 0 aliphatic carbocycles. The van der Waals surface area contributed by atoms with Gasteiger partial charge in [0.15, 0.2) is 0 Å². The maximum absolute atomic E-state index is 11.9. The number of aliphatic carboxylic acids is 1. The molecule has 0 atom stereocenters. The van der Waals surface area contributed by atoms with E-state index in [4.69, 9.17) is 5.11 Å². The molecule has 0 heterocycles. The summed E-state index contributed by atoms with van der Waals surface area (Å²) in [5.41, 5.74) is 3.04. The first kappa shape index (κ1) is 14.6. The minimum atomic E-state index is -0.901. The Balaban J connectivity index is 2.65. The highest BCUT2D eigenvalue weighted by Gasteiger charge is 2.12. The summed E-state index contributed by atoms with van der Waals surface area (Å²) in [5.74, 6) is -0.865. The van der Waals surface area contributed by atoms with Crippen LogP contribution in [0.1, 0.15) is 11.1 Å². The van der Waals surface area contributed by atoms with Crippen molar-refractivity contribution in [1.82, 2.24) is 0 Å². The molecule has 1 rings (SSSR count). The smallest absolute Gasteiger partial charge is 0.313 e. The van der Waals surface area contributed by atoms with Gasteiger partial charge in [-0.1, -0.05) is 6.07 Å². The predicted molar refractivity (Wildman–Crippen MR) is 74.3 cm³/mol. The molecular weight excluding hydrogens is 250 g/mol. The first-order valence-corrected chi connectivity index (χ1v) is 6.70. The van der Waals surface area contributed by atoms with Crippen LogP contribution in [-0.4, -0.2) is 35.5 Å². The van der Waals surface area contributed by atoms with Gasteiger partial charge in [-0.2, -0.15) is 0 Å². The van der Waals surface area contributed by atoms with Gasteiger partial charge in [0.25, 0.3) is 0 Å². The highest BCUT2D eigenvalue weighted by atomic mass is 32.2. The van der Waals surface area contributed by atoms with Gasteiger partial charge in [-0.15, -0.1) is 11.8 Å². The first-order valence-electron chi connectivity index (χ1n) is 5.54. The quantitative estimate of drug-likeness (QED) is 0.887. The number of carboxylic acid groups (broad SMARTS) is 1. The van der Waals surface area contributed by atoms with Gasteiger partial charge < -0.3 is 10.0 Å². The molecule has 0 aliphatic rings. The molecule has 98 valence electrons. The Labute approximate surface area is 111 Å². The Morgan fingerprint density at radius 3 is 2.22 bits per heavy atom. The van der Waals surface area contributed by atoms with Gasteiger partial charge in [0.2, 0.25) is 5.91 Å². The number of carbonyl (C=O) groups is 2. The van der Waals surface area contributed by atoms with Crippen LogP contribution in [-0.2, 0) is 9.59 Å². The van der Waals surface area contributed by atoms with E-state index in [2.05, 4.69) is 0 Å². The number of aryl methyl sites for hydroxylation is 2. The molecule has 1 aromatic rings. The van der Waals surface area contributed by atoms with Gasteiger partial charge in [-0.05, 0) is 37.1 Å². The molecular formula is C13H17NO3S. The lowest BCUT2D eigenvalue weighted by molar-refractivity contribution is -0.133. The molecule has 0 radical (unpaired) electrons. The minimum Gasteiger partial charge on any atom is -0.481 e. The number of rotatable bonds is 5. The van der Waals surface area contributed by atoms with E-state index >= 15 is 0 Å². The van der Waals surface area contributed by atoms with E-state index in [0.717, 1.165) is 28.6 Å². The van der Waals surface area contributed by atoms with Crippen LogP contribution < -0.4 is 4.90 Å². The van der Waals surface area contributed by atoms with Crippen LogP contribution in [0.4, 0.5) is 5.69 Å². The third-order valence-corrected chi connectivity index (χ3v) is 3.32. The fourth-order valence-corrected chi connectivity index (χ4v) is 2.26. The second-order valence-electron chi connectivity index (χ2n) is 4.19. The lowest BCUT2D eigenvalue weighted by Crippen LogP contribution is -2.28. The highest BCUT2D eigenvalue weighted by Crippen LogP contribution is 2.18. The number of anilines is 1. The molecule has 0 saturated carbocycles. The molecule has 4 nitrogen and oxygen atoms in total. The summed E-state index contributed by atoms with van der Waals surface area (Å²) in [5, 5.41) is 8.51. The molecule has 1 N–H and O–H groups in total. The van der Waals surface area contributed by atoms with E-state index in [1.165, 1.54) is 0 Å². The van der Waals surface area contributed by atoms with Gasteiger partial charge in [-0.25, -0.2) is 0 Å². The van der Waals surface area contributed by atoms with Crippen molar-refractivity contribution in [2.75, 3.05) is 23.5 Å². The van der Waals surface area contributed by atoms with E-state index in [1.807, 2.05) is 32.0 Å². The zero-order valence-corrected chi connectivity index (χ0v) is 11.6. The average Bonchev–Trinajstić information content (AvgIpc) is 2.26. The van der Waals surface area contributed by atoms with Crippen molar-refractivity contribution in [2.24, 2.45) is 0 Å². The number of nitrogens with zero attached hydrogens (tertiary/aromatic N) is 1. The number of hydrogen-bond donors (Lipinski definition) is 1. The van der Waals surface area contributed by atoms with Crippen LogP contribution in [0.25, 0.3) is 0 Å². The van der Waals surface area contributed by atoms with Crippen LogP contribution in [0.2, 0.25) is 0 Å². The van der Waals surface area contributed by atoms with E-state index in [1.54, 1.807) is 11.9 Å². The van der Waals surface area contributed by atoms with Crippen molar-refractivity contribution in [1.29, 1.82) is 0 Å². The standard InChI is InChI=1S/C13H17NO3S/c1-9-4-10(2)6-11(5-9)14(3)12(15)7-18-8-13(16)17/h4-6H,7-8H2,1-3H3,(H,16,17). The van der Waals surface area contributed by atoms with Crippen molar-refractivity contribution < 1.29 is 14.7 Å². The molecule has 1 amide bonds. The van der Waals surface area contributed by atoms with Crippen LogP contribution in [0.5, 0.6) is 0 Å². The van der Waals surface area contributed by atoms with Gasteiger partial charge in [0.1, 0.15) is 0 Å². The van der Waals surface area contributed by atoms with E-state index in [9.17, 15) is 9.59 Å². The monoisotopic (exact) mass is 267 g/mol. The van der Waals surface area contributed by atoms with Crippen molar-refractivity contribution in [3.05, 3.63) is 29.3 Å². The Kier molecular flexibility index (Phi) is 5.22. The Bertz CT molecular complexity index is 439. The molecule has 0 bridgehead atoms. The summed E-state index contributed by atoms with van der Waals surface area (Å²) in [4.78, 5) is 23.8. The first-order chi connectivity index (χ1) is 8.40. The molecule has 18 heavy (non-hydrogen) atoms. The maximum Gasteiger partial charge on any atom is 0.313 e. The summed E-state index contributed by atoms with van der Waals surface area (Å²) < 4.78 is 0. The predicted octanol–water partition coefficient (Wildman–Crippen LogP) is 2.08. The number of hydrogen-bond acceptors (Lipinski definition) is 3. The van der Waals surface area contributed by atoms with Gasteiger partial charge in [0.05, 0.1) is 11.5 Å². The zero-order chi connectivity index (χ0) is 13.7. The molecule has 0 fully saturated rings. The topological polar surface area (TPSA) is 57.6 Å². The van der Waals surface area contributed by atoms with Crippen LogP contribution in [0, 0.1) is 13.8 Å². The van der Waals surface area contributed by atoms with Crippen LogP contribution in [0.15, 0.2) is 18.2 Å². The summed E-state index contributed by atoms with van der Waals surface area (Å²) >= 11 is 1.11. The summed E-state index contributed by atoms with van der Waals surface area (Å²) in [6.45, 7) is 3.96. The third kappa shape index (κ3) is 4.41. The van der Waals surface area contributed by atoms with Crippen molar-refractivity contribution in [2.45, 2.75) is 13.8 Å². The summed E-state index contributed by atoms with van der Waals surface area (Å²) in [6.07, 6.45) is 0. The normalized spacial score (nSPS) is 10.2. The second-order valence-corrected chi connectivity index (χ2v) is 5.17. The number of thioether (sulfide) groups is 1. The molecule has 0 aliphatic heterocycles. The molecule has 0 saturated heterocycles. The van der Waals surface area contributed by atoms with Crippen molar-refractivity contribution in [3.63, 3.8) is 0 Å². The van der Waals surface area contributed by atoms with Crippen molar-refractivity contribution >= 4 is 29.3 Å². The number of amides is 1. The SMILES string of the molecule is Cc1cc(C)cc(N(C)C(=O)CSCC(=O)O)c1. The molecule has 0 spiro atoms. The summed E-state index contributed by atoms with van der Waals surface area (Å²) in [6, 6.07) is 5.92. The number of carbonyl (C=O) groups excluding carboxylic acids is 1. The minimum absolute atomic E-state index is 0.0492. The lowest BCUT2D eigenvalue weighted by Gasteiger charge is -2.18. The van der Waals surface area contributed by atoms with E-state index < -0.39 is 5.97 Å². The average molecular weight is 267 g/mol. The highest BCUT2D eigenvalue weighted by molar-refractivity contribution is 8.00. The Hall–Kier alpha value is -1.49. The maximum atomic E-state index is 11.9. The fraction of sp³-hybridized carbons (Fsp3) is 0.385. The molecule has 0 aromatic heterocycles. The van der Waals surface area contributed by atoms with Gasteiger partial charge in [0, 0.05) is 12.7 Å². The second kappa shape index (κ2) is 6.44. The van der Waals surface area contributed by atoms with Crippen LogP contribution >= 0.6 is 11.8 Å². The van der Waals surface area contributed by atoms with E-state index in [-0.39, 0.29) is 17.4 Å². The fourth-order valence-electron chi connectivity index (χ4n) is 1.61. The molecule has 5 heteroatoms. The van der Waals surface area contributed by atoms with Gasteiger partial charge >= 0.3 is 5.97 Å². The molecule has 0 unspecified atom stereocenters. The van der Waals surface area contributed by atoms with E-state index in [0.29, 0.717) is 0 Å². The third-order valence-electron chi connectivity index (χ3n) is 2.42. The van der Waals surface area contributed by atoms with Gasteiger partial charge in [-0.3, -0.25) is 9.59 Å².